The first-order chi connectivity index (χ1) is 8.20. The maximum absolute atomic E-state index is 9.44. The van der Waals surface area contributed by atoms with Gasteiger partial charge in [0.05, 0.1) is 6.61 Å². The van der Waals surface area contributed by atoms with E-state index in [9.17, 15) is 5.11 Å². The second-order valence-corrected chi connectivity index (χ2v) is 6.10. The predicted molar refractivity (Wildman–Crippen MR) is 71.1 cm³/mol. The maximum Gasteiger partial charge on any atom is 0.0597 e. The minimum atomic E-state index is 0.246. The molecule has 2 fully saturated rings. The molecule has 0 amide bonds. The fraction of sp³-hybridized carbons (Fsp3) is 1.00. The lowest BCUT2D eigenvalue weighted by Gasteiger charge is -2.34. The van der Waals surface area contributed by atoms with Gasteiger partial charge in [0.25, 0.3) is 0 Å². The highest BCUT2D eigenvalue weighted by Gasteiger charge is 2.36. The Morgan fingerprint density at radius 3 is 2.71 bits per heavy atom. The van der Waals surface area contributed by atoms with Gasteiger partial charge in [-0.25, -0.2) is 0 Å². The van der Waals surface area contributed by atoms with Crippen LogP contribution in [0.25, 0.3) is 0 Å². The number of nitrogens with zero attached hydrogens (tertiary/aromatic N) is 1. The molecule has 1 saturated carbocycles. The molecule has 2 aliphatic rings. The van der Waals surface area contributed by atoms with Gasteiger partial charge in [-0.15, -0.1) is 0 Å². The zero-order chi connectivity index (χ0) is 12.3. The minimum Gasteiger partial charge on any atom is -0.395 e. The van der Waals surface area contributed by atoms with E-state index in [0.717, 1.165) is 18.5 Å². The Labute approximate surface area is 106 Å². The maximum atomic E-state index is 9.44. The fourth-order valence-corrected chi connectivity index (χ4v) is 3.65. The molecule has 0 aromatic heterocycles. The van der Waals surface area contributed by atoms with Crippen LogP contribution in [0.15, 0.2) is 0 Å². The van der Waals surface area contributed by atoms with Crippen LogP contribution in [0.1, 0.15) is 46.0 Å². The summed E-state index contributed by atoms with van der Waals surface area (Å²) in [5.74, 6) is 0.946. The van der Waals surface area contributed by atoms with E-state index >= 15 is 0 Å². The largest absolute Gasteiger partial charge is 0.395 e. The number of rotatable bonds is 5. The number of hydrogen-bond acceptors (Lipinski definition) is 3. The molecule has 1 saturated heterocycles. The minimum absolute atomic E-state index is 0.246. The van der Waals surface area contributed by atoms with Crippen molar-refractivity contribution in [3.05, 3.63) is 0 Å². The van der Waals surface area contributed by atoms with Gasteiger partial charge in [-0.3, -0.25) is 4.90 Å². The molecule has 1 aliphatic carbocycles. The summed E-state index contributed by atoms with van der Waals surface area (Å²) < 4.78 is 0. The summed E-state index contributed by atoms with van der Waals surface area (Å²) in [6.07, 6.45) is 7.03. The van der Waals surface area contributed by atoms with Gasteiger partial charge in [0.2, 0.25) is 0 Å². The Morgan fingerprint density at radius 1 is 1.24 bits per heavy atom. The first-order valence-electron chi connectivity index (χ1n) is 7.31. The molecule has 3 nitrogen and oxygen atoms in total. The van der Waals surface area contributed by atoms with Crippen LogP contribution in [0.5, 0.6) is 0 Å². The third kappa shape index (κ3) is 3.43. The van der Waals surface area contributed by atoms with Gasteiger partial charge in [0.15, 0.2) is 0 Å². The van der Waals surface area contributed by atoms with Crippen LogP contribution in [0.3, 0.4) is 0 Å². The molecule has 3 heteroatoms. The lowest BCUT2D eigenvalue weighted by atomic mass is 9.85. The third-order valence-corrected chi connectivity index (χ3v) is 4.37. The van der Waals surface area contributed by atoms with Crippen molar-refractivity contribution in [1.82, 2.24) is 10.2 Å². The topological polar surface area (TPSA) is 35.5 Å². The molecular weight excluding hydrogens is 212 g/mol. The summed E-state index contributed by atoms with van der Waals surface area (Å²) in [5.41, 5.74) is 0. The quantitative estimate of drug-likeness (QED) is 0.766. The summed E-state index contributed by atoms with van der Waals surface area (Å²) in [4.78, 5) is 2.63. The number of likely N-dealkylation sites (tertiary alicyclic amines) is 1. The van der Waals surface area contributed by atoms with Crippen molar-refractivity contribution >= 4 is 0 Å². The number of aliphatic hydroxyl groups is 1. The van der Waals surface area contributed by atoms with Gasteiger partial charge in [0.1, 0.15) is 0 Å². The first-order valence-corrected chi connectivity index (χ1v) is 7.31. The van der Waals surface area contributed by atoms with E-state index < -0.39 is 0 Å². The Morgan fingerprint density at radius 2 is 2.00 bits per heavy atom. The fourth-order valence-electron chi connectivity index (χ4n) is 3.65. The average Bonchev–Trinajstić information content (AvgIpc) is 2.71. The standard InChI is InChI=1S/C14H28N2O/c1-11(2)15-13(10-17)9-16-8-7-12-5-3-4-6-14(12)16/h11-15,17H,3-10H2,1-2H3. The van der Waals surface area contributed by atoms with E-state index in [4.69, 9.17) is 0 Å². The zero-order valence-electron chi connectivity index (χ0n) is 11.4. The van der Waals surface area contributed by atoms with Gasteiger partial charge in [0, 0.05) is 24.7 Å². The van der Waals surface area contributed by atoms with Crippen molar-refractivity contribution in [2.24, 2.45) is 5.92 Å². The van der Waals surface area contributed by atoms with Crippen LogP contribution in [-0.4, -0.2) is 47.8 Å². The van der Waals surface area contributed by atoms with Crippen molar-refractivity contribution in [2.75, 3.05) is 19.7 Å². The Bertz CT molecular complexity index is 232. The van der Waals surface area contributed by atoms with Crippen LogP contribution in [-0.2, 0) is 0 Å². The van der Waals surface area contributed by atoms with E-state index in [1.807, 2.05) is 0 Å². The van der Waals surface area contributed by atoms with Crippen LogP contribution in [0, 0.1) is 5.92 Å². The van der Waals surface area contributed by atoms with Crippen molar-refractivity contribution in [2.45, 2.75) is 64.1 Å². The molecule has 2 rings (SSSR count). The molecular formula is C14H28N2O. The summed E-state index contributed by atoms with van der Waals surface area (Å²) in [5, 5.41) is 12.9. The first kappa shape index (κ1) is 13.3. The highest BCUT2D eigenvalue weighted by atomic mass is 16.3. The highest BCUT2D eigenvalue weighted by molar-refractivity contribution is 4.91. The average molecular weight is 240 g/mol. The molecule has 1 aliphatic heterocycles. The van der Waals surface area contributed by atoms with Crippen molar-refractivity contribution < 1.29 is 5.11 Å². The van der Waals surface area contributed by atoms with E-state index in [0.29, 0.717) is 6.04 Å². The Hall–Kier alpha value is -0.120. The summed E-state index contributed by atoms with van der Waals surface area (Å²) in [7, 11) is 0. The number of aliphatic hydroxyl groups excluding tert-OH is 1. The Balaban J connectivity index is 1.85. The molecule has 1 heterocycles. The van der Waals surface area contributed by atoms with Crippen molar-refractivity contribution in [1.29, 1.82) is 0 Å². The van der Waals surface area contributed by atoms with Gasteiger partial charge in [-0.1, -0.05) is 26.7 Å². The highest BCUT2D eigenvalue weighted by Crippen LogP contribution is 2.35. The van der Waals surface area contributed by atoms with Gasteiger partial charge < -0.3 is 10.4 Å². The lowest BCUT2D eigenvalue weighted by molar-refractivity contribution is 0.138. The summed E-state index contributed by atoms with van der Waals surface area (Å²) in [6, 6.07) is 1.51. The smallest absolute Gasteiger partial charge is 0.0597 e. The Kier molecular flexibility index (Phi) is 4.83. The monoisotopic (exact) mass is 240 g/mol. The molecule has 3 unspecified atom stereocenters. The SMILES string of the molecule is CC(C)NC(CO)CN1CCC2CCCCC21. The molecule has 0 radical (unpaired) electrons. The van der Waals surface area contributed by atoms with E-state index in [-0.39, 0.29) is 12.6 Å². The molecule has 100 valence electrons. The van der Waals surface area contributed by atoms with Gasteiger partial charge in [-0.2, -0.15) is 0 Å². The molecule has 17 heavy (non-hydrogen) atoms. The van der Waals surface area contributed by atoms with Crippen LogP contribution in [0.2, 0.25) is 0 Å². The molecule has 3 atom stereocenters. The van der Waals surface area contributed by atoms with Crippen molar-refractivity contribution in [3.8, 4) is 0 Å². The lowest BCUT2D eigenvalue weighted by Crippen LogP contribution is -2.48. The second kappa shape index (κ2) is 6.17. The van der Waals surface area contributed by atoms with Crippen LogP contribution >= 0.6 is 0 Å². The van der Waals surface area contributed by atoms with E-state index in [1.54, 1.807) is 0 Å². The van der Waals surface area contributed by atoms with Crippen molar-refractivity contribution in [3.63, 3.8) is 0 Å². The molecule has 0 aromatic rings. The molecule has 0 bridgehead atoms. The van der Waals surface area contributed by atoms with E-state index in [1.165, 1.54) is 38.6 Å². The number of nitrogens with one attached hydrogen (secondary N) is 1. The van der Waals surface area contributed by atoms with Gasteiger partial charge >= 0.3 is 0 Å². The number of fused-ring (bicyclic) bond motifs is 1. The second-order valence-electron chi connectivity index (χ2n) is 6.10. The summed E-state index contributed by atoms with van der Waals surface area (Å²) in [6.45, 7) is 6.82. The number of hydrogen-bond donors (Lipinski definition) is 2. The van der Waals surface area contributed by atoms with Crippen LogP contribution < -0.4 is 5.32 Å². The predicted octanol–water partition coefficient (Wildman–Crippen LogP) is 1.61. The zero-order valence-corrected chi connectivity index (χ0v) is 11.4. The molecule has 0 aromatic carbocycles. The molecule has 0 spiro atoms. The normalized spacial score (nSPS) is 31.8. The van der Waals surface area contributed by atoms with Crippen LogP contribution in [0.4, 0.5) is 0 Å². The van der Waals surface area contributed by atoms with Gasteiger partial charge in [-0.05, 0) is 31.7 Å². The van der Waals surface area contributed by atoms with E-state index in [2.05, 4.69) is 24.1 Å². The third-order valence-electron chi connectivity index (χ3n) is 4.37. The molecule has 2 N–H and O–H groups in total. The summed E-state index contributed by atoms with van der Waals surface area (Å²) >= 11 is 0.